The SMILES string of the molecule is CCCCO[C@H]1O[C@H](COC(=O)c2ccccc2)[C@@H](OC(=O)c2ccccc2)[C@@H]1OC(=O)c1ccccc1. The van der Waals surface area contributed by atoms with Gasteiger partial charge in [-0.25, -0.2) is 14.4 Å². The molecular formula is C30H30O8. The molecule has 0 radical (unpaired) electrons. The third-order valence-corrected chi connectivity index (χ3v) is 5.94. The van der Waals surface area contributed by atoms with Gasteiger partial charge in [-0.2, -0.15) is 0 Å². The number of carbonyl (C=O) groups is 3. The summed E-state index contributed by atoms with van der Waals surface area (Å²) in [4.78, 5) is 38.6. The van der Waals surface area contributed by atoms with E-state index in [1.807, 2.05) is 6.92 Å². The molecule has 0 aliphatic carbocycles. The van der Waals surface area contributed by atoms with Crippen molar-refractivity contribution in [3.8, 4) is 0 Å². The molecule has 0 bridgehead atoms. The Morgan fingerprint density at radius 2 is 1.16 bits per heavy atom. The number of esters is 3. The molecule has 1 aliphatic heterocycles. The van der Waals surface area contributed by atoms with Crippen molar-refractivity contribution in [2.75, 3.05) is 13.2 Å². The van der Waals surface area contributed by atoms with Crippen molar-refractivity contribution < 1.29 is 38.1 Å². The van der Waals surface area contributed by atoms with E-state index in [2.05, 4.69) is 0 Å². The highest BCUT2D eigenvalue weighted by molar-refractivity contribution is 5.91. The van der Waals surface area contributed by atoms with Gasteiger partial charge < -0.3 is 23.7 Å². The summed E-state index contributed by atoms with van der Waals surface area (Å²) in [5, 5.41) is 0. The van der Waals surface area contributed by atoms with Crippen LogP contribution in [0.2, 0.25) is 0 Å². The van der Waals surface area contributed by atoms with E-state index in [1.54, 1.807) is 91.0 Å². The standard InChI is InChI=1S/C30H30O8/c1-2-3-19-34-30-26(38-29(33)23-17-11-6-12-18-23)25(37-28(32)22-15-9-5-10-16-22)24(36-30)20-35-27(31)21-13-7-4-8-14-21/h4-18,24-26,30H,2-3,19-20H2,1H3/t24-,25-,26+,30+/m1/s1. The Bertz CT molecular complexity index is 1180. The molecule has 8 nitrogen and oxygen atoms in total. The Morgan fingerprint density at radius 3 is 1.66 bits per heavy atom. The molecule has 4 rings (SSSR count). The summed E-state index contributed by atoms with van der Waals surface area (Å²) in [6, 6.07) is 25.4. The van der Waals surface area contributed by atoms with Crippen LogP contribution in [0.1, 0.15) is 50.8 Å². The lowest BCUT2D eigenvalue weighted by Crippen LogP contribution is -2.42. The van der Waals surface area contributed by atoms with E-state index in [-0.39, 0.29) is 6.61 Å². The van der Waals surface area contributed by atoms with Crippen LogP contribution in [0.15, 0.2) is 91.0 Å². The van der Waals surface area contributed by atoms with Crippen molar-refractivity contribution in [3.05, 3.63) is 108 Å². The van der Waals surface area contributed by atoms with Crippen LogP contribution < -0.4 is 0 Å². The molecule has 0 aromatic heterocycles. The molecule has 8 heteroatoms. The van der Waals surface area contributed by atoms with E-state index in [0.29, 0.717) is 23.3 Å². The summed E-state index contributed by atoms with van der Waals surface area (Å²) in [7, 11) is 0. The molecule has 0 N–H and O–H groups in total. The van der Waals surface area contributed by atoms with Crippen LogP contribution in [-0.2, 0) is 23.7 Å². The van der Waals surface area contributed by atoms with Crippen LogP contribution in [0.3, 0.4) is 0 Å². The number of benzene rings is 3. The van der Waals surface area contributed by atoms with Gasteiger partial charge in [-0.05, 0) is 42.8 Å². The summed E-state index contributed by atoms with van der Waals surface area (Å²) in [5.74, 6) is -1.81. The average molecular weight is 519 g/mol. The molecular weight excluding hydrogens is 488 g/mol. The maximum absolute atomic E-state index is 13.0. The van der Waals surface area contributed by atoms with Gasteiger partial charge in [-0.1, -0.05) is 67.9 Å². The van der Waals surface area contributed by atoms with Crippen molar-refractivity contribution >= 4 is 17.9 Å². The zero-order chi connectivity index (χ0) is 26.7. The van der Waals surface area contributed by atoms with E-state index < -0.39 is 42.5 Å². The third-order valence-electron chi connectivity index (χ3n) is 5.94. The first-order valence-corrected chi connectivity index (χ1v) is 12.6. The van der Waals surface area contributed by atoms with E-state index in [0.717, 1.165) is 12.8 Å². The predicted octanol–water partition coefficient (Wildman–Crippen LogP) is 4.84. The number of unbranched alkanes of at least 4 members (excludes halogenated alkanes) is 1. The highest BCUT2D eigenvalue weighted by Crippen LogP contribution is 2.30. The first kappa shape index (κ1) is 27.0. The summed E-state index contributed by atoms with van der Waals surface area (Å²) >= 11 is 0. The third kappa shape index (κ3) is 7.06. The van der Waals surface area contributed by atoms with E-state index in [9.17, 15) is 14.4 Å². The zero-order valence-corrected chi connectivity index (χ0v) is 21.1. The fraction of sp³-hybridized carbons (Fsp3) is 0.300. The van der Waals surface area contributed by atoms with Crippen LogP contribution in [0.4, 0.5) is 0 Å². The second-order valence-electron chi connectivity index (χ2n) is 8.70. The molecule has 198 valence electrons. The number of hydrogen-bond donors (Lipinski definition) is 0. The molecule has 1 aliphatic rings. The van der Waals surface area contributed by atoms with Crippen molar-refractivity contribution in [1.82, 2.24) is 0 Å². The molecule has 0 unspecified atom stereocenters. The summed E-state index contributed by atoms with van der Waals surface area (Å²) < 4.78 is 29.1. The molecule has 3 aromatic rings. The lowest BCUT2D eigenvalue weighted by atomic mass is 10.1. The van der Waals surface area contributed by atoms with Gasteiger partial charge in [-0.3, -0.25) is 0 Å². The van der Waals surface area contributed by atoms with Crippen LogP contribution in [0, 0.1) is 0 Å². The van der Waals surface area contributed by atoms with Gasteiger partial charge >= 0.3 is 17.9 Å². The molecule has 0 amide bonds. The Labute approximate surface area is 221 Å². The van der Waals surface area contributed by atoms with Crippen LogP contribution in [-0.4, -0.2) is 55.7 Å². The molecule has 1 heterocycles. The molecule has 4 atom stereocenters. The average Bonchev–Trinajstić information content (AvgIpc) is 3.28. The minimum Gasteiger partial charge on any atom is -0.459 e. The molecule has 3 aromatic carbocycles. The topological polar surface area (TPSA) is 97.4 Å². The Balaban J connectivity index is 1.57. The summed E-state index contributed by atoms with van der Waals surface area (Å²) in [6.07, 6.45) is -2.51. The molecule has 1 fully saturated rings. The van der Waals surface area contributed by atoms with Crippen LogP contribution in [0.25, 0.3) is 0 Å². The molecule has 1 saturated heterocycles. The van der Waals surface area contributed by atoms with Gasteiger partial charge in [-0.15, -0.1) is 0 Å². The van der Waals surface area contributed by atoms with E-state index in [1.165, 1.54) is 0 Å². The Kier molecular flexibility index (Phi) is 9.61. The van der Waals surface area contributed by atoms with E-state index >= 15 is 0 Å². The van der Waals surface area contributed by atoms with Crippen molar-refractivity contribution in [1.29, 1.82) is 0 Å². The van der Waals surface area contributed by atoms with Crippen molar-refractivity contribution in [2.24, 2.45) is 0 Å². The van der Waals surface area contributed by atoms with Gasteiger partial charge in [0.25, 0.3) is 0 Å². The maximum Gasteiger partial charge on any atom is 0.338 e. The number of ether oxygens (including phenoxy) is 5. The normalized spacial score (nSPS) is 20.4. The van der Waals surface area contributed by atoms with Crippen molar-refractivity contribution in [3.63, 3.8) is 0 Å². The van der Waals surface area contributed by atoms with Crippen LogP contribution in [0.5, 0.6) is 0 Å². The largest absolute Gasteiger partial charge is 0.459 e. The molecule has 0 saturated carbocycles. The fourth-order valence-corrected chi connectivity index (χ4v) is 3.92. The quantitative estimate of drug-likeness (QED) is 0.202. The minimum atomic E-state index is -1.09. The van der Waals surface area contributed by atoms with Crippen LogP contribution >= 0.6 is 0 Å². The van der Waals surface area contributed by atoms with Gasteiger partial charge in [0.1, 0.15) is 12.7 Å². The smallest absolute Gasteiger partial charge is 0.338 e. The van der Waals surface area contributed by atoms with Gasteiger partial charge in [0, 0.05) is 6.61 Å². The number of hydrogen-bond acceptors (Lipinski definition) is 8. The van der Waals surface area contributed by atoms with Crippen molar-refractivity contribution in [2.45, 2.75) is 44.4 Å². The molecule has 0 spiro atoms. The first-order chi connectivity index (χ1) is 18.6. The lowest BCUT2D eigenvalue weighted by Gasteiger charge is -2.24. The second-order valence-corrected chi connectivity index (χ2v) is 8.70. The Morgan fingerprint density at radius 1 is 0.684 bits per heavy atom. The second kappa shape index (κ2) is 13.5. The lowest BCUT2D eigenvalue weighted by molar-refractivity contribution is -0.170. The van der Waals surface area contributed by atoms with Gasteiger partial charge in [0.2, 0.25) is 0 Å². The van der Waals surface area contributed by atoms with Gasteiger partial charge in [0.15, 0.2) is 18.5 Å². The predicted molar refractivity (Wildman–Crippen MR) is 138 cm³/mol. The fourth-order valence-electron chi connectivity index (χ4n) is 3.92. The summed E-state index contributed by atoms with van der Waals surface area (Å²) in [6.45, 7) is 2.12. The number of rotatable bonds is 11. The molecule has 38 heavy (non-hydrogen) atoms. The highest BCUT2D eigenvalue weighted by atomic mass is 16.7. The Hall–Kier alpha value is -4.01. The first-order valence-electron chi connectivity index (χ1n) is 12.6. The maximum atomic E-state index is 13.0. The van der Waals surface area contributed by atoms with E-state index in [4.69, 9.17) is 23.7 Å². The summed E-state index contributed by atoms with van der Waals surface area (Å²) in [5.41, 5.74) is 1.01. The monoisotopic (exact) mass is 518 g/mol. The number of carbonyl (C=O) groups excluding carboxylic acids is 3. The zero-order valence-electron chi connectivity index (χ0n) is 21.1. The van der Waals surface area contributed by atoms with Gasteiger partial charge in [0.05, 0.1) is 16.7 Å². The minimum absolute atomic E-state index is 0.243. The highest BCUT2D eigenvalue weighted by Gasteiger charge is 2.51.